The van der Waals surface area contributed by atoms with E-state index in [1.54, 1.807) is 23.8 Å². The summed E-state index contributed by atoms with van der Waals surface area (Å²) in [5.74, 6) is 0.777. The third kappa shape index (κ3) is 2.97. The van der Waals surface area contributed by atoms with Crippen molar-refractivity contribution in [3.05, 3.63) is 35.7 Å². The number of nitrogens with one attached hydrogen (secondary N) is 1. The molecule has 1 aliphatic rings. The van der Waals surface area contributed by atoms with Crippen LogP contribution in [0.4, 0.5) is 5.13 Å². The van der Waals surface area contributed by atoms with Crippen molar-refractivity contribution in [3.63, 3.8) is 0 Å². The number of aromatic nitrogens is 2. The molecule has 1 fully saturated rings. The quantitative estimate of drug-likeness (QED) is 0.766. The molecule has 126 valence electrons. The third-order valence-electron chi connectivity index (χ3n) is 4.39. The van der Waals surface area contributed by atoms with Crippen LogP contribution in [-0.2, 0) is 6.54 Å². The van der Waals surface area contributed by atoms with E-state index in [4.69, 9.17) is 9.15 Å². The molecule has 1 aliphatic heterocycles. The van der Waals surface area contributed by atoms with Gasteiger partial charge < -0.3 is 14.5 Å². The maximum atomic E-state index is 6.21. The maximum absolute atomic E-state index is 6.21. The van der Waals surface area contributed by atoms with Crippen LogP contribution in [0, 0.1) is 0 Å². The van der Waals surface area contributed by atoms with Gasteiger partial charge in [-0.2, -0.15) is 0 Å². The molecular weight excluding hydrogens is 324 g/mol. The molecule has 2 unspecified atom stereocenters. The van der Waals surface area contributed by atoms with Gasteiger partial charge in [-0.05, 0) is 6.92 Å². The van der Waals surface area contributed by atoms with Crippen molar-refractivity contribution in [3.8, 4) is 5.75 Å². The van der Waals surface area contributed by atoms with E-state index in [-0.39, 0.29) is 6.10 Å². The van der Waals surface area contributed by atoms with Crippen LogP contribution in [0.3, 0.4) is 0 Å². The molecule has 0 saturated carbocycles. The minimum atomic E-state index is 0.160. The van der Waals surface area contributed by atoms with Gasteiger partial charge in [0.1, 0.15) is 11.6 Å². The molecule has 3 aromatic rings. The van der Waals surface area contributed by atoms with E-state index in [9.17, 15) is 0 Å². The molecule has 0 radical (unpaired) electrons. The number of hydrogen-bond donors (Lipinski definition) is 1. The van der Waals surface area contributed by atoms with Crippen molar-refractivity contribution in [2.45, 2.75) is 32.0 Å². The molecule has 24 heavy (non-hydrogen) atoms. The van der Waals surface area contributed by atoms with E-state index in [2.05, 4.69) is 27.1 Å². The fourth-order valence-corrected chi connectivity index (χ4v) is 3.96. The number of likely N-dealkylation sites (tertiary alicyclic amines) is 1. The zero-order valence-electron chi connectivity index (χ0n) is 13.7. The molecule has 4 heterocycles. The summed E-state index contributed by atoms with van der Waals surface area (Å²) < 4.78 is 11.7. The number of hydrogen-bond acceptors (Lipinski definition) is 7. The van der Waals surface area contributed by atoms with Gasteiger partial charge in [-0.15, -0.1) is 11.3 Å². The van der Waals surface area contributed by atoms with Crippen LogP contribution in [0.5, 0.6) is 5.75 Å². The third-order valence-corrected chi connectivity index (χ3v) is 5.39. The van der Waals surface area contributed by atoms with E-state index < -0.39 is 0 Å². The Bertz CT molecular complexity index is 831. The summed E-state index contributed by atoms with van der Waals surface area (Å²) in [6.45, 7) is 4.06. The monoisotopic (exact) mass is 344 g/mol. The first-order valence-electron chi connectivity index (χ1n) is 8.08. The predicted molar refractivity (Wildman–Crippen MR) is 94.6 cm³/mol. The van der Waals surface area contributed by atoms with E-state index >= 15 is 0 Å². The molecule has 4 rings (SSSR count). The van der Waals surface area contributed by atoms with E-state index in [0.29, 0.717) is 6.04 Å². The summed E-state index contributed by atoms with van der Waals surface area (Å²) in [7, 11) is 1.90. The largest absolute Gasteiger partial charge is 0.485 e. The lowest BCUT2D eigenvalue weighted by Crippen LogP contribution is -2.27. The molecule has 2 atom stereocenters. The zero-order chi connectivity index (χ0) is 16.5. The number of pyridine rings is 1. The molecule has 1 saturated heterocycles. The first kappa shape index (κ1) is 15.4. The highest BCUT2D eigenvalue weighted by atomic mass is 32.1. The summed E-state index contributed by atoms with van der Waals surface area (Å²) in [4.78, 5) is 12.3. The SMILES string of the molecule is CNc1ncc(CN2CC(Oc3ccnc4ccoc34)CC2C)s1. The highest BCUT2D eigenvalue weighted by Gasteiger charge is 2.31. The Labute approximate surface area is 144 Å². The van der Waals surface area contributed by atoms with Crippen LogP contribution in [-0.4, -0.2) is 40.6 Å². The minimum Gasteiger partial charge on any atom is -0.485 e. The van der Waals surface area contributed by atoms with E-state index in [1.165, 1.54) is 4.88 Å². The van der Waals surface area contributed by atoms with Gasteiger partial charge in [0.15, 0.2) is 16.5 Å². The smallest absolute Gasteiger partial charge is 0.194 e. The average Bonchev–Trinajstić information content (AvgIpc) is 3.29. The lowest BCUT2D eigenvalue weighted by atomic mass is 10.2. The molecular formula is C17H20N4O2S. The number of anilines is 1. The molecule has 7 heteroatoms. The maximum Gasteiger partial charge on any atom is 0.194 e. The average molecular weight is 344 g/mol. The topological polar surface area (TPSA) is 63.4 Å². The van der Waals surface area contributed by atoms with Crippen LogP contribution in [0.2, 0.25) is 0 Å². The fraction of sp³-hybridized carbons (Fsp3) is 0.412. The Hall–Kier alpha value is -2.12. The van der Waals surface area contributed by atoms with Crippen molar-refractivity contribution in [2.75, 3.05) is 18.9 Å². The molecule has 0 aliphatic carbocycles. The zero-order valence-corrected chi connectivity index (χ0v) is 14.5. The Balaban J connectivity index is 1.44. The summed E-state index contributed by atoms with van der Waals surface area (Å²) in [5, 5.41) is 4.05. The molecule has 0 spiro atoms. The van der Waals surface area contributed by atoms with Crippen LogP contribution in [0.25, 0.3) is 11.1 Å². The van der Waals surface area contributed by atoms with Crippen molar-refractivity contribution >= 4 is 27.6 Å². The van der Waals surface area contributed by atoms with Gasteiger partial charge in [0.2, 0.25) is 0 Å². The number of thiazole rings is 1. The van der Waals surface area contributed by atoms with Gasteiger partial charge in [0.25, 0.3) is 0 Å². The highest BCUT2D eigenvalue weighted by molar-refractivity contribution is 7.15. The Kier molecular flexibility index (Phi) is 4.12. The Morgan fingerprint density at radius 3 is 3.17 bits per heavy atom. The number of nitrogens with zero attached hydrogens (tertiary/aromatic N) is 3. The van der Waals surface area contributed by atoms with Gasteiger partial charge >= 0.3 is 0 Å². The normalized spacial score (nSPS) is 21.4. The molecule has 0 aromatic carbocycles. The van der Waals surface area contributed by atoms with Crippen LogP contribution >= 0.6 is 11.3 Å². The lowest BCUT2D eigenvalue weighted by molar-refractivity contribution is 0.195. The van der Waals surface area contributed by atoms with Crippen LogP contribution in [0.1, 0.15) is 18.2 Å². The summed E-state index contributed by atoms with van der Waals surface area (Å²) >= 11 is 1.70. The van der Waals surface area contributed by atoms with Gasteiger partial charge in [-0.25, -0.2) is 4.98 Å². The second-order valence-electron chi connectivity index (χ2n) is 6.08. The first-order chi connectivity index (χ1) is 11.7. The standard InChI is InChI=1S/C17H20N4O2S/c1-11-7-12(9-21(11)10-13-8-20-17(18-2)24-13)23-15-3-5-19-14-4-6-22-16(14)15/h3-6,8,11-12H,7,9-10H2,1-2H3,(H,18,20). The molecule has 1 N–H and O–H groups in total. The highest BCUT2D eigenvalue weighted by Crippen LogP contribution is 2.30. The lowest BCUT2D eigenvalue weighted by Gasteiger charge is -2.19. The van der Waals surface area contributed by atoms with Crippen molar-refractivity contribution in [2.24, 2.45) is 0 Å². The Morgan fingerprint density at radius 1 is 1.42 bits per heavy atom. The Morgan fingerprint density at radius 2 is 2.33 bits per heavy atom. The molecule has 6 nitrogen and oxygen atoms in total. The minimum absolute atomic E-state index is 0.160. The van der Waals surface area contributed by atoms with E-state index in [1.807, 2.05) is 25.4 Å². The summed E-state index contributed by atoms with van der Waals surface area (Å²) in [5.41, 5.74) is 1.56. The number of rotatable bonds is 5. The van der Waals surface area contributed by atoms with Gasteiger partial charge in [0, 0.05) is 62.0 Å². The summed E-state index contributed by atoms with van der Waals surface area (Å²) in [6, 6.07) is 4.21. The van der Waals surface area contributed by atoms with Crippen molar-refractivity contribution in [1.29, 1.82) is 0 Å². The summed E-state index contributed by atoms with van der Waals surface area (Å²) in [6.07, 6.45) is 6.53. The first-order valence-corrected chi connectivity index (χ1v) is 8.90. The van der Waals surface area contributed by atoms with Crippen molar-refractivity contribution < 1.29 is 9.15 Å². The molecule has 0 amide bonds. The van der Waals surface area contributed by atoms with Gasteiger partial charge in [0.05, 0.1) is 6.26 Å². The number of ether oxygens (including phenoxy) is 1. The molecule has 3 aromatic heterocycles. The predicted octanol–water partition coefficient (Wildman–Crippen LogP) is 3.37. The molecule has 0 bridgehead atoms. The van der Waals surface area contributed by atoms with Gasteiger partial charge in [-0.3, -0.25) is 9.88 Å². The van der Waals surface area contributed by atoms with Crippen LogP contribution in [0.15, 0.2) is 35.2 Å². The fourth-order valence-electron chi connectivity index (χ4n) is 3.17. The number of fused-ring (bicyclic) bond motifs is 1. The van der Waals surface area contributed by atoms with Crippen molar-refractivity contribution in [1.82, 2.24) is 14.9 Å². The van der Waals surface area contributed by atoms with Crippen LogP contribution < -0.4 is 10.1 Å². The second-order valence-corrected chi connectivity index (χ2v) is 7.20. The second kappa shape index (κ2) is 6.41. The number of furan rings is 1. The van der Waals surface area contributed by atoms with Gasteiger partial charge in [-0.1, -0.05) is 0 Å². The van der Waals surface area contributed by atoms with E-state index in [0.717, 1.165) is 41.5 Å².